The van der Waals surface area contributed by atoms with Crippen LogP contribution in [0.2, 0.25) is 0 Å². The predicted octanol–water partition coefficient (Wildman–Crippen LogP) is 1.01. The summed E-state index contributed by atoms with van der Waals surface area (Å²) in [7, 11) is 3.32. The van der Waals surface area contributed by atoms with Crippen LogP contribution in [0.3, 0.4) is 0 Å². The normalized spacial score (nSPS) is 21.8. The molecule has 0 bridgehead atoms. The standard InChI is InChI=1S/C14H19NO4S/c1-15(12-7-19-8-13(12)16)14(17)9-20-11-5-3-4-10(6-11)18-2/h3-6,12-13,16H,7-9H2,1-2H3/t12-,13-/m0/s1. The zero-order chi connectivity index (χ0) is 14.5. The Labute approximate surface area is 122 Å². The quantitative estimate of drug-likeness (QED) is 0.822. The molecule has 1 aromatic carbocycles. The van der Waals surface area contributed by atoms with E-state index in [-0.39, 0.29) is 11.9 Å². The number of aliphatic hydroxyl groups excluding tert-OH is 1. The lowest BCUT2D eigenvalue weighted by Crippen LogP contribution is -2.44. The summed E-state index contributed by atoms with van der Waals surface area (Å²) >= 11 is 1.45. The molecule has 0 aromatic heterocycles. The van der Waals surface area contributed by atoms with Gasteiger partial charge in [-0.25, -0.2) is 0 Å². The molecule has 110 valence electrons. The molecular weight excluding hydrogens is 278 g/mol. The van der Waals surface area contributed by atoms with Crippen molar-refractivity contribution in [1.29, 1.82) is 0 Å². The molecule has 6 heteroatoms. The predicted molar refractivity (Wildman–Crippen MR) is 77.1 cm³/mol. The van der Waals surface area contributed by atoms with Crippen molar-refractivity contribution in [2.75, 3.05) is 33.1 Å². The second-order valence-corrected chi connectivity index (χ2v) is 5.69. The van der Waals surface area contributed by atoms with E-state index < -0.39 is 6.10 Å². The molecular formula is C14H19NO4S. The van der Waals surface area contributed by atoms with Crippen LogP contribution >= 0.6 is 11.8 Å². The molecule has 0 saturated carbocycles. The number of carbonyl (C=O) groups is 1. The molecule has 2 atom stereocenters. The summed E-state index contributed by atoms with van der Waals surface area (Å²) in [4.78, 5) is 14.7. The SMILES string of the molecule is COc1cccc(SCC(=O)N(C)[C@H]2COC[C@@H]2O)c1. The van der Waals surface area contributed by atoms with E-state index in [4.69, 9.17) is 9.47 Å². The molecule has 1 amide bonds. The van der Waals surface area contributed by atoms with Gasteiger partial charge in [0.2, 0.25) is 5.91 Å². The Hall–Kier alpha value is -1.24. The monoisotopic (exact) mass is 297 g/mol. The number of nitrogens with zero attached hydrogens (tertiary/aromatic N) is 1. The van der Waals surface area contributed by atoms with Gasteiger partial charge in [0.15, 0.2) is 0 Å². The molecule has 1 aliphatic heterocycles. The molecule has 0 aliphatic carbocycles. The van der Waals surface area contributed by atoms with Gasteiger partial charge in [-0.3, -0.25) is 4.79 Å². The highest BCUT2D eigenvalue weighted by Crippen LogP contribution is 2.23. The molecule has 20 heavy (non-hydrogen) atoms. The summed E-state index contributed by atoms with van der Waals surface area (Å²) in [6.07, 6.45) is -0.592. The third-order valence-electron chi connectivity index (χ3n) is 3.32. The Balaban J connectivity index is 1.88. The molecule has 0 unspecified atom stereocenters. The minimum atomic E-state index is -0.592. The van der Waals surface area contributed by atoms with Crippen molar-refractivity contribution in [2.45, 2.75) is 17.0 Å². The minimum absolute atomic E-state index is 0.0210. The fourth-order valence-electron chi connectivity index (χ4n) is 2.02. The Morgan fingerprint density at radius 1 is 1.55 bits per heavy atom. The maximum absolute atomic E-state index is 12.1. The summed E-state index contributed by atoms with van der Waals surface area (Å²) in [5.41, 5.74) is 0. The fourth-order valence-corrected chi connectivity index (χ4v) is 2.89. The van der Waals surface area contributed by atoms with Gasteiger partial charge < -0.3 is 19.5 Å². The third-order valence-corrected chi connectivity index (χ3v) is 4.29. The van der Waals surface area contributed by atoms with E-state index in [9.17, 15) is 9.90 Å². The van der Waals surface area contributed by atoms with E-state index in [0.717, 1.165) is 10.6 Å². The van der Waals surface area contributed by atoms with Gasteiger partial charge in [-0.05, 0) is 18.2 Å². The number of ether oxygens (including phenoxy) is 2. The van der Waals surface area contributed by atoms with Crippen molar-refractivity contribution in [3.63, 3.8) is 0 Å². The Kier molecular flexibility index (Phi) is 5.28. The van der Waals surface area contributed by atoms with Crippen molar-refractivity contribution in [1.82, 2.24) is 4.90 Å². The molecule has 0 spiro atoms. The first-order chi connectivity index (χ1) is 9.61. The Bertz CT molecular complexity index is 468. The largest absolute Gasteiger partial charge is 0.497 e. The number of likely N-dealkylation sites (N-methyl/N-ethyl adjacent to an activating group) is 1. The van der Waals surface area contributed by atoms with Crippen LogP contribution in [0.15, 0.2) is 29.2 Å². The van der Waals surface area contributed by atoms with Crippen LogP contribution in [0.5, 0.6) is 5.75 Å². The number of thioether (sulfide) groups is 1. The van der Waals surface area contributed by atoms with E-state index in [1.54, 1.807) is 19.1 Å². The van der Waals surface area contributed by atoms with Gasteiger partial charge in [0.25, 0.3) is 0 Å². The van der Waals surface area contributed by atoms with Crippen LogP contribution in [0.1, 0.15) is 0 Å². The van der Waals surface area contributed by atoms with Gasteiger partial charge in [0.1, 0.15) is 5.75 Å². The van der Waals surface area contributed by atoms with Gasteiger partial charge in [-0.2, -0.15) is 0 Å². The van der Waals surface area contributed by atoms with E-state index in [1.807, 2.05) is 24.3 Å². The van der Waals surface area contributed by atoms with Crippen molar-refractivity contribution >= 4 is 17.7 Å². The molecule has 1 aromatic rings. The highest BCUT2D eigenvalue weighted by Gasteiger charge is 2.32. The third kappa shape index (κ3) is 3.65. The molecule has 1 heterocycles. The van der Waals surface area contributed by atoms with Crippen LogP contribution in [0.4, 0.5) is 0 Å². The average molecular weight is 297 g/mol. The number of amides is 1. The lowest BCUT2D eigenvalue weighted by Gasteiger charge is -2.25. The van der Waals surface area contributed by atoms with Crippen molar-refractivity contribution in [3.05, 3.63) is 24.3 Å². The fraction of sp³-hybridized carbons (Fsp3) is 0.500. The zero-order valence-corrected chi connectivity index (χ0v) is 12.4. The second-order valence-electron chi connectivity index (χ2n) is 4.64. The lowest BCUT2D eigenvalue weighted by molar-refractivity contribution is -0.130. The van der Waals surface area contributed by atoms with Crippen LogP contribution in [-0.4, -0.2) is 61.2 Å². The topological polar surface area (TPSA) is 59.0 Å². The van der Waals surface area contributed by atoms with Gasteiger partial charge in [-0.1, -0.05) is 6.07 Å². The van der Waals surface area contributed by atoms with Crippen LogP contribution < -0.4 is 4.74 Å². The van der Waals surface area contributed by atoms with E-state index in [1.165, 1.54) is 11.8 Å². The molecule has 0 radical (unpaired) electrons. The molecule has 1 N–H and O–H groups in total. The summed E-state index contributed by atoms with van der Waals surface area (Å²) in [5, 5.41) is 9.72. The number of aliphatic hydroxyl groups is 1. The van der Waals surface area contributed by atoms with Crippen molar-refractivity contribution in [2.24, 2.45) is 0 Å². The molecule has 2 rings (SSSR count). The van der Waals surface area contributed by atoms with Gasteiger partial charge in [0, 0.05) is 11.9 Å². The highest BCUT2D eigenvalue weighted by molar-refractivity contribution is 8.00. The smallest absolute Gasteiger partial charge is 0.233 e. The average Bonchev–Trinajstić information content (AvgIpc) is 2.90. The van der Waals surface area contributed by atoms with Crippen LogP contribution in [-0.2, 0) is 9.53 Å². The molecule has 1 aliphatic rings. The first-order valence-electron chi connectivity index (χ1n) is 6.40. The van der Waals surface area contributed by atoms with Gasteiger partial charge in [0.05, 0.1) is 38.2 Å². The van der Waals surface area contributed by atoms with Crippen LogP contribution in [0, 0.1) is 0 Å². The first-order valence-corrected chi connectivity index (χ1v) is 7.38. The summed E-state index contributed by atoms with van der Waals surface area (Å²) < 4.78 is 10.3. The molecule has 5 nitrogen and oxygen atoms in total. The number of benzene rings is 1. The van der Waals surface area contributed by atoms with Crippen molar-refractivity contribution in [3.8, 4) is 5.75 Å². The van der Waals surface area contributed by atoms with Gasteiger partial charge in [-0.15, -0.1) is 11.8 Å². The number of hydrogen-bond donors (Lipinski definition) is 1. The van der Waals surface area contributed by atoms with E-state index >= 15 is 0 Å². The van der Waals surface area contributed by atoms with Crippen molar-refractivity contribution < 1.29 is 19.4 Å². The number of methoxy groups -OCH3 is 1. The maximum Gasteiger partial charge on any atom is 0.233 e. The molecule has 1 fully saturated rings. The Morgan fingerprint density at radius 3 is 3.00 bits per heavy atom. The minimum Gasteiger partial charge on any atom is -0.497 e. The lowest BCUT2D eigenvalue weighted by atomic mass is 10.2. The van der Waals surface area contributed by atoms with E-state index in [2.05, 4.69) is 0 Å². The van der Waals surface area contributed by atoms with E-state index in [0.29, 0.717) is 19.0 Å². The Morgan fingerprint density at radius 2 is 2.35 bits per heavy atom. The number of rotatable bonds is 5. The zero-order valence-electron chi connectivity index (χ0n) is 11.6. The number of carbonyl (C=O) groups excluding carboxylic acids is 1. The highest BCUT2D eigenvalue weighted by atomic mass is 32.2. The summed E-state index contributed by atoms with van der Waals surface area (Å²) in [5.74, 6) is 1.08. The second kappa shape index (κ2) is 6.97. The first kappa shape index (κ1) is 15.2. The number of hydrogen-bond acceptors (Lipinski definition) is 5. The molecule has 1 saturated heterocycles. The van der Waals surface area contributed by atoms with Crippen LogP contribution in [0.25, 0.3) is 0 Å². The maximum atomic E-state index is 12.1. The van der Waals surface area contributed by atoms with Gasteiger partial charge >= 0.3 is 0 Å². The summed E-state index contributed by atoms with van der Waals surface area (Å²) in [6.45, 7) is 0.693. The summed E-state index contributed by atoms with van der Waals surface area (Å²) in [6, 6.07) is 7.35.